The van der Waals surface area contributed by atoms with E-state index < -0.39 is 0 Å². The zero-order chi connectivity index (χ0) is 21.9. The molecule has 0 spiro atoms. The van der Waals surface area contributed by atoms with Gasteiger partial charge in [-0.2, -0.15) is 5.26 Å². The summed E-state index contributed by atoms with van der Waals surface area (Å²) in [6.07, 6.45) is 7.74. The maximum Gasteiger partial charge on any atom is 0.140 e. The minimum atomic E-state index is -0.279. The Labute approximate surface area is 184 Å². The SMILES string of the molecule is N#Cc1cc(CN2CCC(n3cnc(-c4ccc(F)cc4)c3-c3ccncn3)C2)ccn1. The van der Waals surface area contributed by atoms with Crippen LogP contribution < -0.4 is 0 Å². The highest BCUT2D eigenvalue weighted by atomic mass is 19.1. The van der Waals surface area contributed by atoms with Gasteiger partial charge in [0, 0.05) is 43.6 Å². The standard InChI is InChI=1S/C24H20FN7/c25-19-3-1-18(2-4-19)23-24(22-6-8-27-15-29-22)32(16-30-23)21-7-10-31(14-21)13-17-5-9-28-20(11-17)12-26/h1-6,8-9,11,15-16,21H,7,10,13-14H2. The lowest BCUT2D eigenvalue weighted by molar-refractivity contribution is 0.316. The molecule has 1 atom stereocenters. The molecule has 1 aliphatic rings. The van der Waals surface area contributed by atoms with Crippen molar-refractivity contribution >= 4 is 0 Å². The Bertz CT molecular complexity index is 1260. The predicted molar refractivity (Wildman–Crippen MR) is 117 cm³/mol. The second-order valence-corrected chi connectivity index (χ2v) is 7.79. The minimum absolute atomic E-state index is 0.221. The summed E-state index contributed by atoms with van der Waals surface area (Å²) in [7, 11) is 0. The van der Waals surface area contributed by atoms with Crippen LogP contribution >= 0.6 is 0 Å². The van der Waals surface area contributed by atoms with Crippen LogP contribution in [0.2, 0.25) is 0 Å². The van der Waals surface area contributed by atoms with Crippen LogP contribution in [-0.2, 0) is 6.54 Å². The van der Waals surface area contributed by atoms with Crippen molar-refractivity contribution < 1.29 is 4.39 Å². The lowest BCUT2D eigenvalue weighted by atomic mass is 10.1. The molecule has 0 N–H and O–H groups in total. The lowest BCUT2D eigenvalue weighted by Gasteiger charge is -2.18. The van der Waals surface area contributed by atoms with E-state index in [9.17, 15) is 4.39 Å². The largest absolute Gasteiger partial charge is 0.324 e. The Kier molecular flexibility index (Phi) is 5.40. The zero-order valence-corrected chi connectivity index (χ0v) is 17.3. The molecular weight excluding hydrogens is 405 g/mol. The van der Waals surface area contributed by atoms with Crippen LogP contribution in [0.5, 0.6) is 0 Å². The molecule has 3 aromatic heterocycles. The van der Waals surface area contributed by atoms with Gasteiger partial charge in [-0.25, -0.2) is 24.3 Å². The average molecular weight is 425 g/mol. The summed E-state index contributed by atoms with van der Waals surface area (Å²) in [6, 6.07) is 14.3. The number of pyridine rings is 1. The Hall–Kier alpha value is -3.96. The van der Waals surface area contributed by atoms with Gasteiger partial charge >= 0.3 is 0 Å². The van der Waals surface area contributed by atoms with E-state index in [4.69, 9.17) is 5.26 Å². The maximum absolute atomic E-state index is 13.5. The minimum Gasteiger partial charge on any atom is -0.324 e. The molecule has 0 aliphatic carbocycles. The summed E-state index contributed by atoms with van der Waals surface area (Å²) >= 11 is 0. The quantitative estimate of drug-likeness (QED) is 0.483. The number of halogens is 1. The number of hydrogen-bond donors (Lipinski definition) is 0. The summed E-state index contributed by atoms with van der Waals surface area (Å²) in [5.74, 6) is -0.279. The maximum atomic E-state index is 13.5. The highest BCUT2D eigenvalue weighted by molar-refractivity contribution is 5.76. The number of imidazole rings is 1. The number of aromatic nitrogens is 5. The molecule has 1 fully saturated rings. The van der Waals surface area contributed by atoms with Gasteiger partial charge in [0.05, 0.1) is 23.4 Å². The zero-order valence-electron chi connectivity index (χ0n) is 17.3. The molecular formula is C24H20FN7. The molecule has 1 aromatic carbocycles. The average Bonchev–Trinajstić information content (AvgIpc) is 3.47. The van der Waals surface area contributed by atoms with E-state index >= 15 is 0 Å². The first kappa shape index (κ1) is 20.0. The van der Waals surface area contributed by atoms with Crippen LogP contribution in [0.4, 0.5) is 4.39 Å². The van der Waals surface area contributed by atoms with Crippen LogP contribution in [0.15, 0.2) is 67.5 Å². The van der Waals surface area contributed by atoms with E-state index in [-0.39, 0.29) is 11.9 Å². The highest BCUT2D eigenvalue weighted by Crippen LogP contribution is 2.35. The fourth-order valence-corrected chi connectivity index (χ4v) is 4.22. The van der Waals surface area contributed by atoms with Gasteiger partial charge in [0.1, 0.15) is 23.9 Å². The molecule has 0 radical (unpaired) electrons. The molecule has 0 bridgehead atoms. The summed E-state index contributed by atoms with van der Waals surface area (Å²) in [6.45, 7) is 2.54. The van der Waals surface area contributed by atoms with E-state index in [2.05, 4.69) is 35.5 Å². The molecule has 0 amide bonds. The summed E-state index contributed by atoms with van der Waals surface area (Å²) < 4.78 is 15.6. The van der Waals surface area contributed by atoms with Gasteiger partial charge in [0.25, 0.3) is 0 Å². The normalized spacial score (nSPS) is 16.2. The molecule has 1 saturated heterocycles. The highest BCUT2D eigenvalue weighted by Gasteiger charge is 2.28. The van der Waals surface area contributed by atoms with Gasteiger partial charge in [0.15, 0.2) is 0 Å². The van der Waals surface area contributed by atoms with Gasteiger partial charge in [-0.05, 0) is 54.4 Å². The third-order valence-electron chi connectivity index (χ3n) is 5.72. The van der Waals surface area contributed by atoms with Crippen molar-refractivity contribution in [3.8, 4) is 28.7 Å². The third-order valence-corrected chi connectivity index (χ3v) is 5.72. The Morgan fingerprint density at radius 2 is 1.94 bits per heavy atom. The fraction of sp³-hybridized carbons (Fsp3) is 0.208. The molecule has 7 nitrogen and oxygen atoms in total. The topological polar surface area (TPSA) is 83.5 Å². The molecule has 158 valence electrons. The second-order valence-electron chi connectivity index (χ2n) is 7.79. The van der Waals surface area contributed by atoms with Crippen molar-refractivity contribution in [1.82, 2.24) is 29.4 Å². The predicted octanol–water partition coefficient (Wildman–Crippen LogP) is 3.86. The molecule has 5 rings (SSSR count). The molecule has 0 saturated carbocycles. The molecule has 4 heterocycles. The number of rotatable bonds is 5. The second kappa shape index (κ2) is 8.65. The third kappa shape index (κ3) is 3.98. The molecule has 1 unspecified atom stereocenters. The number of nitriles is 1. The molecule has 1 aliphatic heterocycles. The Morgan fingerprint density at radius 3 is 2.72 bits per heavy atom. The van der Waals surface area contributed by atoms with E-state index in [0.717, 1.165) is 54.3 Å². The van der Waals surface area contributed by atoms with Crippen molar-refractivity contribution in [1.29, 1.82) is 5.26 Å². The van der Waals surface area contributed by atoms with Gasteiger partial charge in [-0.15, -0.1) is 0 Å². The summed E-state index contributed by atoms with van der Waals surface area (Å²) in [5, 5.41) is 9.10. The van der Waals surface area contributed by atoms with E-state index in [1.807, 2.05) is 24.5 Å². The number of nitrogens with zero attached hydrogens (tertiary/aromatic N) is 7. The first-order valence-electron chi connectivity index (χ1n) is 10.4. The number of likely N-dealkylation sites (tertiary alicyclic amines) is 1. The molecule has 32 heavy (non-hydrogen) atoms. The van der Waals surface area contributed by atoms with Crippen molar-refractivity contribution in [2.24, 2.45) is 0 Å². The van der Waals surface area contributed by atoms with Crippen molar-refractivity contribution in [2.75, 3.05) is 13.1 Å². The first-order chi connectivity index (χ1) is 15.7. The van der Waals surface area contributed by atoms with E-state index in [0.29, 0.717) is 5.69 Å². The van der Waals surface area contributed by atoms with E-state index in [1.54, 1.807) is 24.5 Å². The lowest BCUT2D eigenvalue weighted by Crippen LogP contribution is -2.21. The first-order valence-corrected chi connectivity index (χ1v) is 10.4. The summed E-state index contributed by atoms with van der Waals surface area (Å²) in [4.78, 5) is 19.6. The van der Waals surface area contributed by atoms with Crippen LogP contribution in [0.25, 0.3) is 22.6 Å². The Morgan fingerprint density at radius 1 is 1.06 bits per heavy atom. The van der Waals surface area contributed by atoms with E-state index in [1.165, 1.54) is 18.5 Å². The van der Waals surface area contributed by atoms with Gasteiger partial charge < -0.3 is 4.57 Å². The number of benzene rings is 1. The van der Waals surface area contributed by atoms with Crippen molar-refractivity contribution in [3.63, 3.8) is 0 Å². The smallest absolute Gasteiger partial charge is 0.140 e. The van der Waals surface area contributed by atoms with Gasteiger partial charge in [-0.1, -0.05) is 0 Å². The van der Waals surface area contributed by atoms with Gasteiger partial charge in [-0.3, -0.25) is 4.90 Å². The number of hydrogen-bond acceptors (Lipinski definition) is 6. The Balaban J connectivity index is 1.45. The van der Waals surface area contributed by atoms with Crippen LogP contribution in [0.1, 0.15) is 23.7 Å². The van der Waals surface area contributed by atoms with Crippen LogP contribution in [-0.4, -0.2) is 42.5 Å². The molecule has 8 heteroatoms. The van der Waals surface area contributed by atoms with Crippen LogP contribution in [0.3, 0.4) is 0 Å². The molecule has 4 aromatic rings. The fourth-order valence-electron chi connectivity index (χ4n) is 4.22. The van der Waals surface area contributed by atoms with Crippen molar-refractivity contribution in [2.45, 2.75) is 19.0 Å². The van der Waals surface area contributed by atoms with Gasteiger partial charge in [0.2, 0.25) is 0 Å². The monoisotopic (exact) mass is 425 g/mol. The summed E-state index contributed by atoms with van der Waals surface area (Å²) in [5.41, 5.74) is 4.81. The van der Waals surface area contributed by atoms with Crippen LogP contribution in [0, 0.1) is 17.1 Å². The van der Waals surface area contributed by atoms with Crippen molar-refractivity contribution in [3.05, 3.63) is 84.6 Å².